The van der Waals surface area contributed by atoms with Crippen molar-refractivity contribution >= 4 is 5.96 Å². The Morgan fingerprint density at radius 1 is 1.37 bits per heavy atom. The third-order valence-corrected chi connectivity index (χ3v) is 3.66. The lowest BCUT2D eigenvalue weighted by Crippen LogP contribution is -2.49. The Morgan fingerprint density at radius 2 is 2.21 bits per heavy atom. The summed E-state index contributed by atoms with van der Waals surface area (Å²) in [6.07, 6.45) is 7.21. The Bertz CT molecular complexity index is 258. The van der Waals surface area contributed by atoms with Crippen molar-refractivity contribution in [2.45, 2.75) is 58.4 Å². The largest absolute Gasteiger partial charge is 0.382 e. The fourth-order valence-electron chi connectivity index (χ4n) is 2.60. The summed E-state index contributed by atoms with van der Waals surface area (Å²) in [5.74, 6) is 6.51. The molecule has 1 aliphatic heterocycles. The van der Waals surface area contributed by atoms with Crippen molar-refractivity contribution in [3.05, 3.63) is 0 Å². The van der Waals surface area contributed by atoms with Gasteiger partial charge in [0.25, 0.3) is 0 Å². The van der Waals surface area contributed by atoms with Gasteiger partial charge in [0.15, 0.2) is 0 Å². The number of ether oxygens (including phenoxy) is 1. The van der Waals surface area contributed by atoms with E-state index in [2.05, 4.69) is 22.2 Å². The maximum atomic E-state index is 5.66. The third-order valence-electron chi connectivity index (χ3n) is 3.66. The second-order valence-corrected chi connectivity index (χ2v) is 5.00. The maximum absolute atomic E-state index is 5.66. The summed E-state index contributed by atoms with van der Waals surface area (Å²) in [6.45, 7) is 7.63. The second-order valence-electron chi connectivity index (χ2n) is 5.00. The monoisotopic (exact) mass is 270 g/mol. The number of hydrazine groups is 1. The van der Waals surface area contributed by atoms with Crippen LogP contribution >= 0.6 is 0 Å². The van der Waals surface area contributed by atoms with E-state index in [1.165, 1.54) is 25.7 Å². The smallest absolute Gasteiger partial charge is 0.208 e. The molecule has 19 heavy (non-hydrogen) atoms. The van der Waals surface area contributed by atoms with Gasteiger partial charge < -0.3 is 9.64 Å². The van der Waals surface area contributed by atoms with Crippen molar-refractivity contribution in [2.24, 2.45) is 10.8 Å². The summed E-state index contributed by atoms with van der Waals surface area (Å²) < 4.78 is 5.32. The molecule has 0 amide bonds. The van der Waals surface area contributed by atoms with Crippen LogP contribution in [0.5, 0.6) is 0 Å². The number of hydrogen-bond acceptors (Lipinski definition) is 3. The van der Waals surface area contributed by atoms with Crippen LogP contribution in [0, 0.1) is 0 Å². The molecular weight excluding hydrogens is 240 g/mol. The van der Waals surface area contributed by atoms with Crippen LogP contribution in [0.3, 0.4) is 0 Å². The minimum Gasteiger partial charge on any atom is -0.382 e. The van der Waals surface area contributed by atoms with E-state index in [4.69, 9.17) is 10.6 Å². The van der Waals surface area contributed by atoms with E-state index in [1.54, 1.807) is 0 Å². The van der Waals surface area contributed by atoms with Gasteiger partial charge in [-0.3, -0.25) is 10.4 Å². The Labute approximate surface area is 117 Å². The average molecular weight is 270 g/mol. The van der Waals surface area contributed by atoms with Gasteiger partial charge in [-0.15, -0.1) is 0 Å². The highest BCUT2D eigenvalue weighted by Gasteiger charge is 2.21. The zero-order chi connectivity index (χ0) is 13.9. The van der Waals surface area contributed by atoms with Crippen LogP contribution in [0.1, 0.15) is 52.4 Å². The number of nitrogens with two attached hydrogens (primary N) is 1. The molecule has 1 rings (SSSR count). The first-order valence-corrected chi connectivity index (χ1v) is 7.68. The molecule has 1 aliphatic rings. The molecule has 0 bridgehead atoms. The molecule has 112 valence electrons. The van der Waals surface area contributed by atoms with Crippen LogP contribution in [-0.2, 0) is 4.74 Å². The summed E-state index contributed by atoms with van der Waals surface area (Å²) in [5.41, 5.74) is 2.79. The minimum atomic E-state index is 0.573. The van der Waals surface area contributed by atoms with Crippen LogP contribution in [0.15, 0.2) is 4.99 Å². The Morgan fingerprint density at radius 3 is 2.89 bits per heavy atom. The second kappa shape index (κ2) is 10.0. The van der Waals surface area contributed by atoms with E-state index in [-0.39, 0.29) is 0 Å². The first kappa shape index (κ1) is 16.2. The van der Waals surface area contributed by atoms with Gasteiger partial charge in [-0.05, 0) is 32.6 Å². The molecular formula is C14H30N4O. The highest BCUT2D eigenvalue weighted by atomic mass is 16.5. The van der Waals surface area contributed by atoms with Crippen molar-refractivity contribution in [3.63, 3.8) is 0 Å². The number of likely N-dealkylation sites (tertiary alicyclic amines) is 1. The molecule has 1 atom stereocenters. The molecule has 0 aromatic rings. The van der Waals surface area contributed by atoms with Gasteiger partial charge in [0.2, 0.25) is 5.96 Å². The fraction of sp³-hybridized carbons (Fsp3) is 0.929. The van der Waals surface area contributed by atoms with Crippen molar-refractivity contribution < 1.29 is 4.74 Å². The van der Waals surface area contributed by atoms with Gasteiger partial charge in [-0.2, -0.15) is 0 Å². The van der Waals surface area contributed by atoms with E-state index in [9.17, 15) is 0 Å². The molecule has 1 saturated heterocycles. The van der Waals surface area contributed by atoms with Crippen LogP contribution in [0.2, 0.25) is 0 Å². The molecule has 1 fully saturated rings. The number of nitrogens with one attached hydrogen (secondary N) is 1. The van der Waals surface area contributed by atoms with Crippen molar-refractivity contribution in [2.75, 3.05) is 26.3 Å². The van der Waals surface area contributed by atoms with Crippen LogP contribution < -0.4 is 11.3 Å². The summed E-state index contributed by atoms with van der Waals surface area (Å²) in [6, 6.07) is 0.573. The lowest BCUT2D eigenvalue weighted by atomic mass is 10.1. The average Bonchev–Trinajstić information content (AvgIpc) is 2.68. The number of nitrogens with zero attached hydrogens (tertiary/aromatic N) is 2. The number of rotatable bonds is 6. The first-order valence-electron chi connectivity index (χ1n) is 7.68. The van der Waals surface area contributed by atoms with Crippen molar-refractivity contribution in [1.82, 2.24) is 10.3 Å². The summed E-state index contributed by atoms with van der Waals surface area (Å²) in [5, 5.41) is 0. The van der Waals surface area contributed by atoms with E-state index >= 15 is 0 Å². The molecule has 0 aromatic heterocycles. The SMILES string of the molecule is CCOCCCN=C(NN)N1CCCCCC1CC. The van der Waals surface area contributed by atoms with Crippen LogP contribution in [0.25, 0.3) is 0 Å². The summed E-state index contributed by atoms with van der Waals surface area (Å²) in [4.78, 5) is 6.96. The molecule has 0 aliphatic carbocycles. The molecule has 1 unspecified atom stereocenters. The Kier molecular flexibility index (Phi) is 8.58. The standard InChI is InChI=1S/C14H30N4O/c1-3-13-9-6-5-7-11-18(13)14(17-15)16-10-8-12-19-4-2/h13H,3-12,15H2,1-2H3,(H,16,17). The Hall–Kier alpha value is -0.810. The quantitative estimate of drug-likeness (QED) is 0.254. The molecule has 0 radical (unpaired) electrons. The minimum absolute atomic E-state index is 0.573. The molecule has 3 N–H and O–H groups in total. The van der Waals surface area contributed by atoms with Gasteiger partial charge in [-0.25, -0.2) is 5.84 Å². The third kappa shape index (κ3) is 5.78. The van der Waals surface area contributed by atoms with Gasteiger partial charge in [0, 0.05) is 32.3 Å². The predicted molar refractivity (Wildman–Crippen MR) is 80.0 cm³/mol. The lowest BCUT2D eigenvalue weighted by Gasteiger charge is -2.31. The summed E-state index contributed by atoms with van der Waals surface area (Å²) >= 11 is 0. The molecule has 0 spiro atoms. The normalized spacial score (nSPS) is 21.3. The molecule has 1 heterocycles. The maximum Gasteiger partial charge on any atom is 0.208 e. The van der Waals surface area contributed by atoms with E-state index in [0.717, 1.165) is 45.1 Å². The van der Waals surface area contributed by atoms with Gasteiger partial charge in [0.1, 0.15) is 0 Å². The molecule has 5 nitrogen and oxygen atoms in total. The van der Waals surface area contributed by atoms with Crippen LogP contribution in [0.4, 0.5) is 0 Å². The lowest BCUT2D eigenvalue weighted by molar-refractivity contribution is 0.146. The summed E-state index contributed by atoms with van der Waals surface area (Å²) in [7, 11) is 0. The number of guanidine groups is 1. The molecule has 0 saturated carbocycles. The fourth-order valence-corrected chi connectivity index (χ4v) is 2.60. The number of aliphatic imine (C=N–C) groups is 1. The topological polar surface area (TPSA) is 62.9 Å². The van der Waals surface area contributed by atoms with E-state index in [0.29, 0.717) is 6.04 Å². The Balaban J connectivity index is 2.51. The number of hydrogen-bond donors (Lipinski definition) is 2. The van der Waals surface area contributed by atoms with Crippen LogP contribution in [-0.4, -0.2) is 43.2 Å². The first-order chi connectivity index (χ1) is 9.33. The van der Waals surface area contributed by atoms with Gasteiger partial charge in [-0.1, -0.05) is 19.8 Å². The van der Waals surface area contributed by atoms with Gasteiger partial charge >= 0.3 is 0 Å². The van der Waals surface area contributed by atoms with Gasteiger partial charge in [0.05, 0.1) is 0 Å². The highest BCUT2D eigenvalue weighted by molar-refractivity contribution is 5.79. The van der Waals surface area contributed by atoms with Crippen molar-refractivity contribution in [1.29, 1.82) is 0 Å². The zero-order valence-electron chi connectivity index (χ0n) is 12.5. The predicted octanol–water partition coefficient (Wildman–Crippen LogP) is 1.89. The van der Waals surface area contributed by atoms with E-state index < -0.39 is 0 Å². The van der Waals surface area contributed by atoms with E-state index in [1.807, 2.05) is 6.92 Å². The molecule has 5 heteroatoms. The molecule has 0 aromatic carbocycles. The zero-order valence-corrected chi connectivity index (χ0v) is 12.5. The highest BCUT2D eigenvalue weighted by Crippen LogP contribution is 2.19. The van der Waals surface area contributed by atoms with Crippen molar-refractivity contribution in [3.8, 4) is 0 Å².